The minimum absolute atomic E-state index is 0.0711. The number of anilines is 1. The number of nitro groups is 1. The number of fused-ring (bicyclic) bond motifs is 1. The summed E-state index contributed by atoms with van der Waals surface area (Å²) in [5, 5.41) is 18.2. The van der Waals surface area contributed by atoms with Crippen LogP contribution in [-0.4, -0.2) is 24.2 Å². The van der Waals surface area contributed by atoms with Gasteiger partial charge in [0.15, 0.2) is 10.9 Å². The summed E-state index contributed by atoms with van der Waals surface area (Å²) in [6.07, 6.45) is 0. The molecule has 3 N–H and O–H groups in total. The Labute approximate surface area is 138 Å². The van der Waals surface area contributed by atoms with Crippen molar-refractivity contribution in [2.24, 2.45) is 5.14 Å². The number of carbonyl (C=O) groups is 1. The number of furan rings is 1. The third-order valence-corrected chi connectivity index (χ3v) is 4.75. The van der Waals surface area contributed by atoms with Crippen molar-refractivity contribution in [3.05, 3.63) is 46.2 Å². The van der Waals surface area contributed by atoms with Crippen LogP contribution >= 0.6 is 11.3 Å². The number of nitrogens with one attached hydrogen (secondary N) is 1. The highest BCUT2D eigenvalue weighted by atomic mass is 32.2. The zero-order chi connectivity index (χ0) is 17.5. The molecule has 0 spiro atoms. The standard InChI is InChI=1S/C12H8N4O6S2/c13-24(20,21)6-1-2-7-9(5-6)23-12(14-7)15-11(17)8-3-4-10(22-8)16(18)19/h1-5H,(H2,13,20,21)(H,14,15,17). The molecule has 0 aliphatic rings. The molecule has 3 aromatic rings. The Morgan fingerprint density at radius 3 is 2.71 bits per heavy atom. The lowest BCUT2D eigenvalue weighted by Crippen LogP contribution is -2.11. The van der Waals surface area contributed by atoms with E-state index in [4.69, 9.17) is 9.56 Å². The van der Waals surface area contributed by atoms with E-state index in [-0.39, 0.29) is 15.8 Å². The van der Waals surface area contributed by atoms with Crippen LogP contribution in [0.2, 0.25) is 0 Å². The molecule has 12 heteroatoms. The highest BCUT2D eigenvalue weighted by Gasteiger charge is 2.19. The minimum atomic E-state index is -3.84. The fourth-order valence-electron chi connectivity index (χ4n) is 1.84. The van der Waals surface area contributed by atoms with Crippen LogP contribution in [0.25, 0.3) is 10.2 Å². The summed E-state index contributed by atoms with van der Waals surface area (Å²) in [7, 11) is -3.84. The van der Waals surface area contributed by atoms with Gasteiger partial charge in [0.1, 0.15) is 4.92 Å². The molecule has 2 aromatic heterocycles. The molecule has 3 rings (SSSR count). The molecule has 24 heavy (non-hydrogen) atoms. The number of aromatic nitrogens is 1. The van der Waals surface area contributed by atoms with Crippen LogP contribution in [0.4, 0.5) is 11.0 Å². The Bertz CT molecular complexity index is 1070. The fourth-order valence-corrected chi connectivity index (χ4v) is 3.36. The maximum absolute atomic E-state index is 12.0. The second-order valence-corrected chi connectivity index (χ2v) is 7.13. The highest BCUT2D eigenvalue weighted by Crippen LogP contribution is 2.28. The van der Waals surface area contributed by atoms with Gasteiger partial charge in [-0.3, -0.25) is 20.2 Å². The van der Waals surface area contributed by atoms with E-state index in [0.29, 0.717) is 10.2 Å². The number of carbonyl (C=O) groups excluding carboxylic acids is 1. The van der Waals surface area contributed by atoms with E-state index in [2.05, 4.69) is 10.3 Å². The Balaban J connectivity index is 1.87. The van der Waals surface area contributed by atoms with Gasteiger partial charge < -0.3 is 4.42 Å². The van der Waals surface area contributed by atoms with Gasteiger partial charge in [-0.15, -0.1) is 0 Å². The second-order valence-electron chi connectivity index (χ2n) is 4.54. The molecule has 0 radical (unpaired) electrons. The molecule has 0 atom stereocenters. The number of hydrogen-bond acceptors (Lipinski definition) is 8. The van der Waals surface area contributed by atoms with E-state index in [9.17, 15) is 23.3 Å². The number of rotatable bonds is 4. The van der Waals surface area contributed by atoms with Crippen LogP contribution in [-0.2, 0) is 10.0 Å². The van der Waals surface area contributed by atoms with Gasteiger partial charge in [0.25, 0.3) is 5.91 Å². The normalized spacial score (nSPS) is 11.5. The lowest BCUT2D eigenvalue weighted by Gasteiger charge is -1.96. The molecular formula is C12H8N4O6S2. The van der Waals surface area contributed by atoms with E-state index < -0.39 is 26.7 Å². The molecule has 0 saturated carbocycles. The number of nitrogens with zero attached hydrogens (tertiary/aromatic N) is 2. The van der Waals surface area contributed by atoms with E-state index >= 15 is 0 Å². The van der Waals surface area contributed by atoms with Gasteiger partial charge in [0, 0.05) is 0 Å². The molecule has 0 aliphatic carbocycles. The van der Waals surface area contributed by atoms with Gasteiger partial charge in [-0.1, -0.05) is 11.3 Å². The van der Waals surface area contributed by atoms with Crippen LogP contribution in [0.1, 0.15) is 10.6 Å². The van der Waals surface area contributed by atoms with Gasteiger partial charge in [-0.25, -0.2) is 18.5 Å². The maximum atomic E-state index is 12.0. The van der Waals surface area contributed by atoms with Crippen molar-refractivity contribution < 1.29 is 22.6 Å². The average molecular weight is 368 g/mol. The third-order valence-electron chi connectivity index (χ3n) is 2.90. The van der Waals surface area contributed by atoms with E-state index in [1.165, 1.54) is 24.3 Å². The quantitative estimate of drug-likeness (QED) is 0.523. The summed E-state index contributed by atoms with van der Waals surface area (Å²) >= 11 is 1.03. The SMILES string of the molecule is NS(=O)(=O)c1ccc2nc(NC(=O)c3ccc([N+](=O)[O-])o3)sc2c1. The first-order valence-corrected chi connectivity index (χ1v) is 8.59. The number of amides is 1. The molecule has 1 aromatic carbocycles. The van der Waals surface area contributed by atoms with Gasteiger partial charge >= 0.3 is 5.88 Å². The maximum Gasteiger partial charge on any atom is 0.433 e. The Hall–Kier alpha value is -2.83. The van der Waals surface area contributed by atoms with Crippen molar-refractivity contribution in [1.29, 1.82) is 0 Å². The lowest BCUT2D eigenvalue weighted by molar-refractivity contribution is -0.402. The summed E-state index contributed by atoms with van der Waals surface area (Å²) in [5.41, 5.74) is 0.466. The predicted octanol–water partition coefficient (Wildman–Crippen LogP) is 1.70. The largest absolute Gasteiger partial charge is 0.433 e. The number of thiazole rings is 1. The van der Waals surface area contributed by atoms with Gasteiger partial charge in [-0.05, 0) is 24.3 Å². The Morgan fingerprint density at radius 2 is 2.08 bits per heavy atom. The van der Waals surface area contributed by atoms with Crippen LogP contribution in [0, 0.1) is 10.1 Å². The van der Waals surface area contributed by atoms with Crippen molar-refractivity contribution in [2.45, 2.75) is 4.90 Å². The molecule has 0 bridgehead atoms. The first-order valence-electron chi connectivity index (χ1n) is 6.23. The highest BCUT2D eigenvalue weighted by molar-refractivity contribution is 7.89. The topological polar surface area (TPSA) is 158 Å². The number of hydrogen-bond donors (Lipinski definition) is 2. The van der Waals surface area contributed by atoms with E-state index in [0.717, 1.165) is 17.4 Å². The fraction of sp³-hybridized carbons (Fsp3) is 0. The van der Waals surface area contributed by atoms with Crippen molar-refractivity contribution in [1.82, 2.24) is 4.98 Å². The number of primary sulfonamides is 1. The van der Waals surface area contributed by atoms with Crippen LogP contribution < -0.4 is 10.5 Å². The molecular weight excluding hydrogens is 360 g/mol. The van der Waals surface area contributed by atoms with Gasteiger partial charge in [0.05, 0.1) is 21.2 Å². The van der Waals surface area contributed by atoms with E-state index in [1.807, 2.05) is 0 Å². The van der Waals surface area contributed by atoms with Crippen LogP contribution in [0.3, 0.4) is 0 Å². The average Bonchev–Trinajstić information content (AvgIpc) is 3.11. The molecule has 0 aliphatic heterocycles. The van der Waals surface area contributed by atoms with E-state index in [1.54, 1.807) is 0 Å². The third kappa shape index (κ3) is 3.10. The lowest BCUT2D eigenvalue weighted by atomic mass is 10.3. The zero-order valence-electron chi connectivity index (χ0n) is 11.6. The van der Waals surface area contributed by atoms with Gasteiger partial charge in [-0.2, -0.15) is 0 Å². The van der Waals surface area contributed by atoms with Gasteiger partial charge in [0.2, 0.25) is 10.0 Å². The van der Waals surface area contributed by atoms with Crippen molar-refractivity contribution in [2.75, 3.05) is 5.32 Å². The summed E-state index contributed by atoms with van der Waals surface area (Å²) in [5.74, 6) is -1.51. The second kappa shape index (κ2) is 5.67. The first kappa shape index (κ1) is 16.0. The monoisotopic (exact) mass is 368 g/mol. The molecule has 1 amide bonds. The number of nitrogens with two attached hydrogens (primary N) is 1. The molecule has 124 valence electrons. The van der Waals surface area contributed by atoms with Crippen molar-refractivity contribution in [3.63, 3.8) is 0 Å². The molecule has 0 fully saturated rings. The van der Waals surface area contributed by atoms with Crippen molar-refractivity contribution >= 4 is 48.5 Å². The summed E-state index contributed by atoms with van der Waals surface area (Å²) < 4.78 is 27.9. The summed E-state index contributed by atoms with van der Waals surface area (Å²) in [6.45, 7) is 0. The first-order chi connectivity index (χ1) is 11.2. The Kier molecular flexibility index (Phi) is 3.79. The predicted molar refractivity (Wildman–Crippen MR) is 84.3 cm³/mol. The molecule has 0 saturated heterocycles. The van der Waals surface area contributed by atoms with Crippen LogP contribution in [0.5, 0.6) is 0 Å². The number of benzene rings is 1. The molecule has 10 nitrogen and oxygen atoms in total. The summed E-state index contributed by atoms with van der Waals surface area (Å²) in [4.78, 5) is 25.8. The Morgan fingerprint density at radius 1 is 1.33 bits per heavy atom. The molecule has 2 heterocycles. The number of sulfonamides is 1. The zero-order valence-corrected chi connectivity index (χ0v) is 13.3. The van der Waals surface area contributed by atoms with Crippen molar-refractivity contribution in [3.8, 4) is 0 Å². The smallest absolute Gasteiger partial charge is 0.395 e. The molecule has 0 unspecified atom stereocenters. The van der Waals surface area contributed by atoms with Crippen LogP contribution in [0.15, 0.2) is 39.6 Å². The minimum Gasteiger partial charge on any atom is -0.395 e. The summed E-state index contributed by atoms with van der Waals surface area (Å²) in [6, 6.07) is 6.33.